The third-order valence-electron chi connectivity index (χ3n) is 6.84. The van der Waals surface area contributed by atoms with Gasteiger partial charge in [-0.3, -0.25) is 9.97 Å². The first kappa shape index (κ1) is 33.5. The number of hydrogen-bond acceptors (Lipinski definition) is 6. The summed E-state index contributed by atoms with van der Waals surface area (Å²) in [4.78, 5) is 19.6. The molecule has 0 aliphatic carbocycles. The van der Waals surface area contributed by atoms with Crippen LogP contribution in [0.4, 0.5) is 17.6 Å². The van der Waals surface area contributed by atoms with Crippen LogP contribution in [0.2, 0.25) is 0 Å². The molecular formula is C35H22F4N4PtS2. The summed E-state index contributed by atoms with van der Waals surface area (Å²) in [6, 6.07) is 33.6. The molecule has 6 rings (SSSR count). The van der Waals surface area contributed by atoms with E-state index in [0.717, 1.165) is 31.7 Å². The van der Waals surface area contributed by atoms with Gasteiger partial charge in [0.1, 0.15) is 23.8 Å². The summed E-state index contributed by atoms with van der Waals surface area (Å²) in [5.74, 6) is -4.06. The Hall–Kier alpha value is -3.85. The van der Waals surface area contributed by atoms with E-state index in [1.54, 1.807) is 12.1 Å². The van der Waals surface area contributed by atoms with Crippen molar-refractivity contribution >= 4 is 23.5 Å². The first-order valence-electron chi connectivity index (χ1n) is 13.6. The summed E-state index contributed by atoms with van der Waals surface area (Å²) in [6.07, 6.45) is 0. The fourth-order valence-electron chi connectivity index (χ4n) is 4.51. The Morgan fingerprint density at radius 1 is 0.543 bits per heavy atom. The van der Waals surface area contributed by atoms with E-state index in [1.165, 1.54) is 23.5 Å². The van der Waals surface area contributed by atoms with Gasteiger partial charge in [0.2, 0.25) is 0 Å². The average Bonchev–Trinajstić information content (AvgIpc) is 3.02. The molecule has 0 N–H and O–H groups in total. The van der Waals surface area contributed by atoms with E-state index in [1.807, 2.05) is 86.6 Å². The Bertz CT molecular complexity index is 1850. The van der Waals surface area contributed by atoms with Crippen LogP contribution in [0.1, 0.15) is 25.2 Å². The molecule has 0 unspecified atom stereocenters. The molecule has 0 aliphatic rings. The van der Waals surface area contributed by atoms with Crippen LogP contribution in [-0.2, 0) is 26.5 Å². The van der Waals surface area contributed by atoms with Gasteiger partial charge in [0.25, 0.3) is 0 Å². The molecule has 0 amide bonds. The topological polar surface area (TPSA) is 51.6 Å². The van der Waals surface area contributed by atoms with Gasteiger partial charge in [0.05, 0.1) is 0 Å². The molecule has 4 heterocycles. The quantitative estimate of drug-likeness (QED) is 0.0867. The van der Waals surface area contributed by atoms with Crippen LogP contribution in [0.15, 0.2) is 117 Å². The molecule has 11 heteroatoms. The summed E-state index contributed by atoms with van der Waals surface area (Å²) < 4.78 is 57.1. The van der Waals surface area contributed by atoms with E-state index in [4.69, 9.17) is 9.97 Å². The maximum Gasteiger partial charge on any atom is 2.00 e. The molecule has 232 valence electrons. The zero-order chi connectivity index (χ0) is 31.6. The number of hydrogen-bond donors (Lipinski definition) is 0. The van der Waals surface area contributed by atoms with Crippen molar-refractivity contribution in [2.45, 2.75) is 38.8 Å². The molecule has 0 radical (unpaired) electrons. The van der Waals surface area contributed by atoms with Crippen molar-refractivity contribution in [3.8, 4) is 22.5 Å². The van der Waals surface area contributed by atoms with Crippen LogP contribution in [0.25, 0.3) is 22.5 Å². The molecule has 0 saturated heterocycles. The smallest absolute Gasteiger partial charge is 0.300 e. The molecule has 0 saturated carbocycles. The Morgan fingerprint density at radius 2 is 0.935 bits per heavy atom. The minimum Gasteiger partial charge on any atom is -0.300 e. The van der Waals surface area contributed by atoms with Gasteiger partial charge in [-0.15, -0.1) is 12.1 Å². The van der Waals surface area contributed by atoms with Gasteiger partial charge in [0.15, 0.2) is 0 Å². The second kappa shape index (κ2) is 14.3. The molecule has 0 fully saturated rings. The van der Waals surface area contributed by atoms with E-state index in [-0.39, 0.29) is 43.6 Å². The van der Waals surface area contributed by atoms with E-state index in [2.05, 4.69) is 22.1 Å². The summed E-state index contributed by atoms with van der Waals surface area (Å²) in [7, 11) is 0. The predicted octanol–water partition coefficient (Wildman–Crippen LogP) is 9.38. The van der Waals surface area contributed by atoms with Crippen molar-refractivity contribution in [1.82, 2.24) is 19.9 Å². The van der Waals surface area contributed by atoms with E-state index in [9.17, 15) is 17.6 Å². The van der Waals surface area contributed by atoms with Gasteiger partial charge in [-0.1, -0.05) is 95.3 Å². The van der Waals surface area contributed by atoms with Gasteiger partial charge in [-0.25, -0.2) is 17.6 Å². The fourth-order valence-corrected chi connectivity index (χ4v) is 6.32. The number of pyridine rings is 4. The molecule has 4 aromatic heterocycles. The van der Waals surface area contributed by atoms with Crippen molar-refractivity contribution < 1.29 is 38.6 Å². The van der Waals surface area contributed by atoms with Gasteiger partial charge < -0.3 is 9.97 Å². The number of rotatable bonds is 8. The fraction of sp³-hybridized carbons (Fsp3) is 0.0857. The zero-order valence-electron chi connectivity index (χ0n) is 24.2. The predicted molar refractivity (Wildman–Crippen MR) is 166 cm³/mol. The average molecular weight is 834 g/mol. The Morgan fingerprint density at radius 3 is 1.30 bits per heavy atom. The second-order valence-electron chi connectivity index (χ2n) is 10.4. The normalized spacial score (nSPS) is 11.3. The van der Waals surface area contributed by atoms with Crippen LogP contribution < -0.4 is 0 Å². The molecule has 0 atom stereocenters. The van der Waals surface area contributed by atoms with Crippen molar-refractivity contribution in [3.05, 3.63) is 144 Å². The maximum atomic E-state index is 14.9. The summed E-state index contributed by atoms with van der Waals surface area (Å²) in [5, 5.41) is 0. The number of halogens is 4. The second-order valence-corrected chi connectivity index (χ2v) is 12.7. The summed E-state index contributed by atoms with van der Waals surface area (Å²) in [6.45, 7) is 3.79. The number of aromatic nitrogens is 4. The Labute approximate surface area is 286 Å². The van der Waals surface area contributed by atoms with Crippen molar-refractivity contribution in [2.24, 2.45) is 0 Å². The van der Waals surface area contributed by atoms with E-state index < -0.39 is 29.2 Å². The standard InChI is InChI=1S/C35H22F4N4S2.Pt/c1-35(2,29-19-23(44-21-9-5-3-6-10-21)17-27(40-29)25-13-15-31(36)42-33(25)38)30-20-24(45-22-11-7-4-8-12-22)18-28(41-30)26-14-16-32(37)43-34(26)39;/h3-12,15-20H,1-2H3;/q-2;+2. The number of nitrogens with zero attached hydrogens (tertiary/aromatic N) is 4. The molecule has 0 bridgehead atoms. The zero-order valence-corrected chi connectivity index (χ0v) is 28.1. The van der Waals surface area contributed by atoms with Gasteiger partial charge in [0, 0.05) is 36.4 Å². The first-order chi connectivity index (χ1) is 21.7. The van der Waals surface area contributed by atoms with E-state index >= 15 is 0 Å². The third kappa shape index (κ3) is 7.57. The summed E-state index contributed by atoms with van der Waals surface area (Å²) >= 11 is 2.89. The van der Waals surface area contributed by atoms with Crippen LogP contribution in [0.3, 0.4) is 0 Å². The maximum absolute atomic E-state index is 14.9. The molecule has 46 heavy (non-hydrogen) atoms. The minimum absolute atomic E-state index is 0. The van der Waals surface area contributed by atoms with Gasteiger partial charge in [-0.05, 0) is 61.6 Å². The monoisotopic (exact) mass is 833 g/mol. The van der Waals surface area contributed by atoms with Crippen LogP contribution >= 0.6 is 23.5 Å². The SMILES string of the molecule is CC(C)(c1cc(Sc2ccccc2)cc(-c2[c-]cc(F)nc2F)n1)c1cc(Sc2ccccc2)cc(-c2[c-]cc(F)nc2F)n1.[Pt+2]. The van der Waals surface area contributed by atoms with Gasteiger partial charge >= 0.3 is 21.1 Å². The first-order valence-corrected chi connectivity index (χ1v) is 15.3. The van der Waals surface area contributed by atoms with Crippen molar-refractivity contribution in [1.29, 1.82) is 0 Å². The largest absolute Gasteiger partial charge is 2.00 e. The molecule has 4 nitrogen and oxygen atoms in total. The minimum atomic E-state index is -1.04. The van der Waals surface area contributed by atoms with Crippen molar-refractivity contribution in [3.63, 3.8) is 0 Å². The summed E-state index contributed by atoms with van der Waals surface area (Å²) in [5.41, 5.74) is 0.343. The van der Waals surface area contributed by atoms with Crippen molar-refractivity contribution in [2.75, 3.05) is 0 Å². The number of benzene rings is 2. The Balaban J connectivity index is 0.00000417. The van der Waals surface area contributed by atoms with Gasteiger partial charge in [-0.2, -0.15) is 0 Å². The molecule has 0 aliphatic heterocycles. The van der Waals surface area contributed by atoms with Crippen LogP contribution in [-0.4, -0.2) is 19.9 Å². The molecule has 2 aromatic carbocycles. The molecule has 0 spiro atoms. The molecule has 6 aromatic rings. The van der Waals surface area contributed by atoms with Crippen LogP contribution in [0.5, 0.6) is 0 Å². The third-order valence-corrected chi connectivity index (χ3v) is 8.80. The Kier molecular flexibility index (Phi) is 10.4. The molecular weight excluding hydrogens is 812 g/mol. The van der Waals surface area contributed by atoms with E-state index in [0.29, 0.717) is 11.4 Å². The van der Waals surface area contributed by atoms with Crippen LogP contribution in [0, 0.1) is 35.9 Å².